The van der Waals surface area contributed by atoms with E-state index >= 15 is 0 Å². The highest BCUT2D eigenvalue weighted by Gasteiger charge is 2.59. The van der Waals surface area contributed by atoms with E-state index in [0.29, 0.717) is 57.9 Å². The minimum absolute atomic E-state index is 0.00492. The predicted molar refractivity (Wildman–Crippen MR) is 96.9 cm³/mol. The van der Waals surface area contributed by atoms with Crippen molar-refractivity contribution in [2.75, 3.05) is 59.4 Å². The van der Waals surface area contributed by atoms with Crippen LogP contribution in [0.4, 0.5) is 0 Å². The van der Waals surface area contributed by atoms with Crippen LogP contribution in [0.3, 0.4) is 0 Å². The van der Waals surface area contributed by atoms with Crippen LogP contribution in [0, 0.1) is 5.41 Å². The normalized spacial score (nSPS) is 22.6. The van der Waals surface area contributed by atoms with Gasteiger partial charge in [-0.25, -0.2) is 0 Å². The van der Waals surface area contributed by atoms with Gasteiger partial charge in [0.1, 0.15) is 5.41 Å². The number of nitrogens with zero attached hydrogens (tertiary/aromatic N) is 4. The number of carbonyl (C=O) groups excluding carboxylic acids is 3. The third-order valence-electron chi connectivity index (χ3n) is 5.95. The Morgan fingerprint density at radius 2 is 1.37 bits per heavy atom. The monoisotopic (exact) mass is 374 g/mol. The van der Waals surface area contributed by atoms with Gasteiger partial charge in [0.15, 0.2) is 5.76 Å². The van der Waals surface area contributed by atoms with Gasteiger partial charge in [-0.05, 0) is 32.0 Å². The number of hydrogen-bond acceptors (Lipinski definition) is 5. The van der Waals surface area contributed by atoms with Gasteiger partial charge < -0.3 is 24.0 Å². The van der Waals surface area contributed by atoms with Crippen LogP contribution < -0.4 is 0 Å². The first-order valence-electron chi connectivity index (χ1n) is 9.61. The summed E-state index contributed by atoms with van der Waals surface area (Å²) in [5.74, 6) is 0.103. The van der Waals surface area contributed by atoms with Crippen LogP contribution in [0.2, 0.25) is 0 Å². The standard InChI is InChI=1S/C19H26N4O4/c1-20-6-8-22(9-7-20)17(25)19(4-5-19)18(26)23-12-10-21(11-13-23)16(24)15-3-2-14-27-15/h2-3,14H,4-13H2,1H3. The van der Waals surface area contributed by atoms with E-state index in [1.165, 1.54) is 6.26 Å². The summed E-state index contributed by atoms with van der Waals surface area (Å²) in [4.78, 5) is 45.9. The largest absolute Gasteiger partial charge is 0.459 e. The van der Waals surface area contributed by atoms with Crippen molar-refractivity contribution in [1.82, 2.24) is 19.6 Å². The van der Waals surface area contributed by atoms with Crippen molar-refractivity contribution in [2.24, 2.45) is 5.41 Å². The zero-order valence-electron chi connectivity index (χ0n) is 15.7. The lowest BCUT2D eigenvalue weighted by atomic mass is 10.0. The lowest BCUT2D eigenvalue weighted by molar-refractivity contribution is -0.151. The maximum Gasteiger partial charge on any atom is 0.289 e. The van der Waals surface area contributed by atoms with E-state index in [0.717, 1.165) is 13.1 Å². The number of amides is 3. The second kappa shape index (κ2) is 6.99. The summed E-state index contributed by atoms with van der Waals surface area (Å²) in [6.07, 6.45) is 2.76. The van der Waals surface area contributed by atoms with Crippen LogP contribution >= 0.6 is 0 Å². The molecule has 2 saturated heterocycles. The molecule has 0 spiro atoms. The van der Waals surface area contributed by atoms with E-state index in [9.17, 15) is 14.4 Å². The van der Waals surface area contributed by atoms with Gasteiger partial charge in [-0.1, -0.05) is 0 Å². The molecular formula is C19H26N4O4. The number of carbonyl (C=O) groups is 3. The molecule has 2 aliphatic heterocycles. The summed E-state index contributed by atoms with van der Waals surface area (Å²) < 4.78 is 5.17. The van der Waals surface area contributed by atoms with E-state index < -0.39 is 5.41 Å². The highest BCUT2D eigenvalue weighted by Crippen LogP contribution is 2.49. The fourth-order valence-electron chi connectivity index (χ4n) is 3.93. The molecule has 1 aromatic heterocycles. The number of hydrogen-bond donors (Lipinski definition) is 0. The van der Waals surface area contributed by atoms with Crippen LogP contribution in [-0.4, -0.2) is 96.7 Å². The highest BCUT2D eigenvalue weighted by molar-refractivity contribution is 6.08. The molecule has 3 amide bonds. The van der Waals surface area contributed by atoms with Crippen LogP contribution in [-0.2, 0) is 9.59 Å². The van der Waals surface area contributed by atoms with Gasteiger partial charge in [0.25, 0.3) is 5.91 Å². The van der Waals surface area contributed by atoms with Gasteiger partial charge >= 0.3 is 0 Å². The number of piperazine rings is 2. The predicted octanol–water partition coefficient (Wildman–Crippen LogP) is 0.118. The molecular weight excluding hydrogens is 348 g/mol. The molecule has 4 rings (SSSR count). The van der Waals surface area contributed by atoms with Gasteiger partial charge in [-0.3, -0.25) is 14.4 Å². The highest BCUT2D eigenvalue weighted by atomic mass is 16.3. The molecule has 8 heteroatoms. The number of rotatable bonds is 3. The van der Waals surface area contributed by atoms with Crippen LogP contribution in [0.1, 0.15) is 23.4 Å². The topological polar surface area (TPSA) is 77.3 Å². The van der Waals surface area contributed by atoms with Crippen molar-refractivity contribution < 1.29 is 18.8 Å². The zero-order valence-corrected chi connectivity index (χ0v) is 15.7. The molecule has 0 unspecified atom stereocenters. The SMILES string of the molecule is CN1CCN(C(=O)C2(C(=O)N3CCN(C(=O)c4ccco4)CC3)CC2)CC1. The Kier molecular flexibility index (Phi) is 4.67. The average molecular weight is 374 g/mol. The molecule has 1 aliphatic carbocycles. The Bertz CT molecular complexity index is 712. The minimum atomic E-state index is -0.844. The maximum atomic E-state index is 13.1. The molecule has 3 fully saturated rings. The number of likely N-dealkylation sites (N-methyl/N-ethyl adjacent to an activating group) is 1. The summed E-state index contributed by atoms with van der Waals surface area (Å²) in [5.41, 5.74) is -0.844. The third kappa shape index (κ3) is 3.34. The van der Waals surface area contributed by atoms with Crippen molar-refractivity contribution in [2.45, 2.75) is 12.8 Å². The Morgan fingerprint density at radius 1 is 0.852 bits per heavy atom. The molecule has 0 N–H and O–H groups in total. The average Bonchev–Trinajstić information content (AvgIpc) is 3.33. The van der Waals surface area contributed by atoms with Gasteiger partial charge in [-0.15, -0.1) is 0 Å². The first kappa shape index (κ1) is 18.0. The zero-order chi connectivity index (χ0) is 19.0. The van der Waals surface area contributed by atoms with Crippen molar-refractivity contribution in [3.63, 3.8) is 0 Å². The van der Waals surface area contributed by atoms with E-state index in [2.05, 4.69) is 4.90 Å². The molecule has 146 valence electrons. The van der Waals surface area contributed by atoms with E-state index in [1.807, 2.05) is 11.9 Å². The summed E-state index contributed by atoms with van der Waals surface area (Å²) in [6.45, 7) is 4.93. The maximum absolute atomic E-state index is 13.1. The Hall–Kier alpha value is -2.35. The molecule has 0 bridgehead atoms. The fourth-order valence-corrected chi connectivity index (χ4v) is 3.93. The van der Waals surface area contributed by atoms with E-state index in [1.54, 1.807) is 21.9 Å². The lowest BCUT2D eigenvalue weighted by Crippen LogP contribution is -2.56. The molecule has 3 heterocycles. The second-order valence-corrected chi connectivity index (χ2v) is 7.74. The molecule has 27 heavy (non-hydrogen) atoms. The fraction of sp³-hybridized carbons (Fsp3) is 0.632. The third-order valence-corrected chi connectivity index (χ3v) is 5.95. The molecule has 0 aromatic carbocycles. The smallest absolute Gasteiger partial charge is 0.289 e. The number of furan rings is 1. The molecule has 0 radical (unpaired) electrons. The van der Waals surface area contributed by atoms with Crippen LogP contribution in [0.15, 0.2) is 22.8 Å². The first-order chi connectivity index (χ1) is 13.0. The molecule has 0 atom stereocenters. The summed E-state index contributed by atoms with van der Waals surface area (Å²) in [5, 5.41) is 0. The minimum Gasteiger partial charge on any atom is -0.459 e. The Labute approximate surface area is 158 Å². The van der Waals surface area contributed by atoms with Gasteiger partial charge in [0.05, 0.1) is 6.26 Å². The van der Waals surface area contributed by atoms with Crippen molar-refractivity contribution in [1.29, 1.82) is 0 Å². The molecule has 1 aromatic rings. The Morgan fingerprint density at radius 3 is 1.85 bits per heavy atom. The van der Waals surface area contributed by atoms with Crippen molar-refractivity contribution in [3.05, 3.63) is 24.2 Å². The second-order valence-electron chi connectivity index (χ2n) is 7.74. The van der Waals surface area contributed by atoms with Gasteiger partial charge in [0.2, 0.25) is 11.8 Å². The Balaban J connectivity index is 1.35. The molecule has 8 nitrogen and oxygen atoms in total. The molecule has 3 aliphatic rings. The van der Waals surface area contributed by atoms with Gasteiger partial charge in [0, 0.05) is 52.4 Å². The van der Waals surface area contributed by atoms with Crippen LogP contribution in [0.5, 0.6) is 0 Å². The molecule has 1 saturated carbocycles. The van der Waals surface area contributed by atoms with Gasteiger partial charge in [-0.2, -0.15) is 0 Å². The van der Waals surface area contributed by atoms with Crippen molar-refractivity contribution >= 4 is 17.7 Å². The van der Waals surface area contributed by atoms with Crippen LogP contribution in [0.25, 0.3) is 0 Å². The summed E-state index contributed by atoms with van der Waals surface area (Å²) >= 11 is 0. The summed E-state index contributed by atoms with van der Waals surface area (Å²) in [7, 11) is 2.05. The van der Waals surface area contributed by atoms with E-state index in [4.69, 9.17) is 4.42 Å². The van der Waals surface area contributed by atoms with E-state index in [-0.39, 0.29) is 17.7 Å². The first-order valence-corrected chi connectivity index (χ1v) is 9.61. The lowest BCUT2D eigenvalue weighted by Gasteiger charge is -2.38. The summed E-state index contributed by atoms with van der Waals surface area (Å²) in [6, 6.07) is 3.33. The quantitative estimate of drug-likeness (QED) is 0.703. The van der Waals surface area contributed by atoms with Crippen molar-refractivity contribution in [3.8, 4) is 0 Å².